The highest BCUT2D eigenvalue weighted by molar-refractivity contribution is 5.84. The van der Waals surface area contributed by atoms with Crippen LogP contribution >= 0.6 is 0 Å². The molecule has 0 saturated carbocycles. The molecule has 0 radical (unpaired) electrons. The van der Waals surface area contributed by atoms with Gasteiger partial charge in [0.05, 0.1) is 19.3 Å². The Balaban J connectivity index is 2.34. The van der Waals surface area contributed by atoms with Gasteiger partial charge in [-0.15, -0.1) is 0 Å². The van der Waals surface area contributed by atoms with Gasteiger partial charge < -0.3 is 9.47 Å². The molecule has 1 heterocycles. The summed E-state index contributed by atoms with van der Waals surface area (Å²) in [6, 6.07) is 4.56. The van der Waals surface area contributed by atoms with E-state index in [9.17, 15) is 0 Å². The molecule has 3 nitrogen and oxygen atoms in total. The predicted molar refractivity (Wildman–Crippen MR) is 74.2 cm³/mol. The first-order valence-electron chi connectivity index (χ1n) is 6.74. The molecule has 0 bridgehead atoms. The van der Waals surface area contributed by atoms with Gasteiger partial charge in [-0.3, -0.25) is 4.99 Å². The van der Waals surface area contributed by atoms with Gasteiger partial charge in [0.15, 0.2) is 11.5 Å². The number of hydrogen-bond donors (Lipinski definition) is 0. The summed E-state index contributed by atoms with van der Waals surface area (Å²) in [5, 5.41) is 0. The lowest BCUT2D eigenvalue weighted by Crippen LogP contribution is -2.15. The Bertz CT molecular complexity index is 440. The van der Waals surface area contributed by atoms with E-state index in [0.717, 1.165) is 29.9 Å². The molecule has 1 aliphatic heterocycles. The van der Waals surface area contributed by atoms with Crippen LogP contribution in [0.15, 0.2) is 17.1 Å². The zero-order chi connectivity index (χ0) is 13.0. The number of fused-ring (bicyclic) bond motifs is 1. The maximum atomic E-state index is 5.66. The van der Waals surface area contributed by atoms with E-state index in [-0.39, 0.29) is 0 Å². The van der Waals surface area contributed by atoms with Gasteiger partial charge in [0.25, 0.3) is 0 Å². The van der Waals surface area contributed by atoms with E-state index in [1.807, 2.05) is 26.1 Å². The highest BCUT2D eigenvalue weighted by atomic mass is 16.5. The van der Waals surface area contributed by atoms with E-state index >= 15 is 0 Å². The molecule has 0 amide bonds. The highest BCUT2D eigenvalue weighted by Crippen LogP contribution is 2.33. The van der Waals surface area contributed by atoms with E-state index in [2.05, 4.69) is 18.0 Å². The second-order valence-corrected chi connectivity index (χ2v) is 4.41. The van der Waals surface area contributed by atoms with Crippen LogP contribution < -0.4 is 9.47 Å². The van der Waals surface area contributed by atoms with Gasteiger partial charge in [0.2, 0.25) is 0 Å². The van der Waals surface area contributed by atoms with Gasteiger partial charge in [0.1, 0.15) is 0 Å². The van der Waals surface area contributed by atoms with Crippen LogP contribution in [0.3, 0.4) is 0 Å². The van der Waals surface area contributed by atoms with E-state index in [1.165, 1.54) is 5.56 Å². The minimum Gasteiger partial charge on any atom is -0.490 e. The molecular weight excluding hydrogens is 226 g/mol. The highest BCUT2D eigenvalue weighted by Gasteiger charge is 2.17. The quantitative estimate of drug-likeness (QED) is 0.799. The van der Waals surface area contributed by atoms with Gasteiger partial charge in [-0.05, 0) is 49.9 Å². The smallest absolute Gasteiger partial charge is 0.161 e. The van der Waals surface area contributed by atoms with Gasteiger partial charge >= 0.3 is 0 Å². The Morgan fingerprint density at radius 1 is 1.11 bits per heavy atom. The molecule has 0 fully saturated rings. The first-order valence-corrected chi connectivity index (χ1v) is 6.74. The number of ether oxygens (including phenoxy) is 2. The van der Waals surface area contributed by atoms with Crippen molar-refractivity contribution in [2.24, 2.45) is 4.99 Å². The van der Waals surface area contributed by atoms with Crippen LogP contribution in [0.1, 0.15) is 38.3 Å². The molecule has 0 aromatic heterocycles. The molecule has 98 valence electrons. The first-order chi connectivity index (χ1) is 8.78. The molecule has 1 aromatic rings. The van der Waals surface area contributed by atoms with E-state index in [1.54, 1.807) is 0 Å². The lowest BCUT2D eigenvalue weighted by atomic mass is 9.96. The maximum absolute atomic E-state index is 5.66. The minimum atomic E-state index is 0.407. The number of aliphatic imine (C=N–C) groups is 1. The van der Waals surface area contributed by atoms with Gasteiger partial charge in [-0.25, -0.2) is 0 Å². The van der Waals surface area contributed by atoms with Crippen LogP contribution in [0.2, 0.25) is 0 Å². The first kappa shape index (κ1) is 12.9. The summed E-state index contributed by atoms with van der Waals surface area (Å²) in [5.41, 5.74) is 2.47. The second kappa shape index (κ2) is 5.89. The van der Waals surface area contributed by atoms with Crippen LogP contribution in [0.4, 0.5) is 0 Å². The SMILES string of the molecule is CCOc1cc2c(cc1OCC)C[C@H](CC)N=C2. The Kier molecular flexibility index (Phi) is 4.24. The molecule has 0 aliphatic carbocycles. The topological polar surface area (TPSA) is 30.8 Å². The second-order valence-electron chi connectivity index (χ2n) is 4.41. The third-order valence-electron chi connectivity index (χ3n) is 3.16. The molecule has 0 spiro atoms. The van der Waals surface area contributed by atoms with Gasteiger partial charge in [-0.1, -0.05) is 6.92 Å². The monoisotopic (exact) mass is 247 g/mol. The van der Waals surface area contributed by atoms with Crippen LogP contribution in [0.5, 0.6) is 11.5 Å². The fraction of sp³-hybridized carbons (Fsp3) is 0.533. The molecule has 0 saturated heterocycles. The van der Waals surface area contributed by atoms with Crippen LogP contribution in [0, 0.1) is 0 Å². The molecular formula is C15H21NO2. The Labute approximate surface area is 109 Å². The summed E-state index contributed by atoms with van der Waals surface area (Å²) in [6.07, 6.45) is 4.03. The van der Waals surface area contributed by atoms with Crippen molar-refractivity contribution in [1.29, 1.82) is 0 Å². The Hall–Kier alpha value is -1.51. The van der Waals surface area contributed by atoms with Crippen molar-refractivity contribution < 1.29 is 9.47 Å². The zero-order valence-corrected chi connectivity index (χ0v) is 11.4. The molecule has 2 rings (SSSR count). The molecule has 3 heteroatoms. The number of hydrogen-bond acceptors (Lipinski definition) is 3. The van der Waals surface area contributed by atoms with Crippen LogP contribution in [0.25, 0.3) is 0 Å². The van der Waals surface area contributed by atoms with Crippen molar-refractivity contribution in [1.82, 2.24) is 0 Å². The number of benzene rings is 1. The van der Waals surface area contributed by atoms with Gasteiger partial charge in [-0.2, -0.15) is 0 Å². The van der Waals surface area contributed by atoms with E-state index in [4.69, 9.17) is 9.47 Å². The number of rotatable bonds is 5. The van der Waals surface area contributed by atoms with Gasteiger partial charge in [0, 0.05) is 6.21 Å². The van der Waals surface area contributed by atoms with Crippen LogP contribution in [-0.2, 0) is 6.42 Å². The number of nitrogens with zero attached hydrogens (tertiary/aromatic N) is 1. The van der Waals surface area contributed by atoms with Crippen molar-refractivity contribution >= 4 is 6.21 Å². The maximum Gasteiger partial charge on any atom is 0.161 e. The molecule has 1 aliphatic rings. The van der Waals surface area contributed by atoms with E-state index < -0.39 is 0 Å². The zero-order valence-electron chi connectivity index (χ0n) is 11.4. The molecule has 0 unspecified atom stereocenters. The molecule has 0 N–H and O–H groups in total. The fourth-order valence-corrected chi connectivity index (χ4v) is 2.19. The summed E-state index contributed by atoms with van der Waals surface area (Å²) in [6.45, 7) is 7.45. The Morgan fingerprint density at radius 2 is 1.78 bits per heavy atom. The van der Waals surface area contributed by atoms with E-state index in [0.29, 0.717) is 19.3 Å². The minimum absolute atomic E-state index is 0.407. The third kappa shape index (κ3) is 2.66. The summed E-state index contributed by atoms with van der Waals surface area (Å²) >= 11 is 0. The molecule has 1 atom stereocenters. The summed E-state index contributed by atoms with van der Waals surface area (Å²) in [7, 11) is 0. The molecule has 18 heavy (non-hydrogen) atoms. The third-order valence-corrected chi connectivity index (χ3v) is 3.16. The standard InChI is InChI=1S/C15H21NO2/c1-4-13-7-11-8-14(17-5-2)15(18-6-3)9-12(11)10-16-13/h8-10,13H,4-7H2,1-3H3/t13-/m0/s1. The van der Waals surface area contributed by atoms with Crippen molar-refractivity contribution in [3.63, 3.8) is 0 Å². The Morgan fingerprint density at radius 3 is 2.39 bits per heavy atom. The average Bonchev–Trinajstić information content (AvgIpc) is 2.39. The average molecular weight is 247 g/mol. The van der Waals surface area contributed by atoms with Crippen LogP contribution in [-0.4, -0.2) is 25.5 Å². The summed E-state index contributed by atoms with van der Waals surface area (Å²) < 4.78 is 11.3. The van der Waals surface area contributed by atoms with Crippen molar-refractivity contribution in [2.75, 3.05) is 13.2 Å². The molecule has 1 aromatic carbocycles. The normalized spacial score (nSPS) is 17.4. The lowest BCUT2D eigenvalue weighted by Gasteiger charge is -2.20. The fourth-order valence-electron chi connectivity index (χ4n) is 2.19. The van der Waals surface area contributed by atoms with Crippen molar-refractivity contribution in [3.8, 4) is 11.5 Å². The van der Waals surface area contributed by atoms with Crippen molar-refractivity contribution in [3.05, 3.63) is 23.3 Å². The summed E-state index contributed by atoms with van der Waals surface area (Å²) in [4.78, 5) is 4.54. The summed E-state index contributed by atoms with van der Waals surface area (Å²) in [5.74, 6) is 1.67. The van der Waals surface area contributed by atoms with Crippen molar-refractivity contribution in [2.45, 2.75) is 39.7 Å². The predicted octanol–water partition coefficient (Wildman–Crippen LogP) is 3.24. The largest absolute Gasteiger partial charge is 0.490 e. The lowest BCUT2D eigenvalue weighted by molar-refractivity contribution is 0.287.